The summed E-state index contributed by atoms with van der Waals surface area (Å²) in [5.41, 5.74) is 0.965. The Morgan fingerprint density at radius 2 is 1.77 bits per heavy atom. The summed E-state index contributed by atoms with van der Waals surface area (Å²) in [7, 11) is 0. The van der Waals surface area contributed by atoms with Crippen LogP contribution in [0.2, 0.25) is 0 Å². The number of aromatic nitrogens is 1. The molecule has 0 bridgehead atoms. The van der Waals surface area contributed by atoms with Crippen LogP contribution in [0.4, 0.5) is 5.69 Å². The number of carbonyl (C=O) groups excluding carboxylic acids is 1. The number of amides is 1. The first kappa shape index (κ1) is 21.6. The van der Waals surface area contributed by atoms with Gasteiger partial charge in [-0.3, -0.25) is 4.79 Å². The minimum Gasteiger partial charge on any atom is -0.490 e. The van der Waals surface area contributed by atoms with E-state index < -0.39 is 5.97 Å². The lowest BCUT2D eigenvalue weighted by molar-refractivity contribution is -0.115. The number of allylic oxidation sites excluding steroid dienone is 1. The molecule has 0 spiro atoms. The average molecular weight is 418 g/mol. The van der Waals surface area contributed by atoms with Crippen LogP contribution in [0.15, 0.2) is 79.0 Å². The van der Waals surface area contributed by atoms with E-state index in [1.165, 1.54) is 6.07 Å². The first-order valence-electron chi connectivity index (χ1n) is 9.64. The third-order valence-electron chi connectivity index (χ3n) is 4.22. The minimum atomic E-state index is -1.10. The Bertz CT molecular complexity index is 1060. The van der Waals surface area contributed by atoms with Gasteiger partial charge in [0.15, 0.2) is 0 Å². The Balaban J connectivity index is 1.55. The summed E-state index contributed by atoms with van der Waals surface area (Å²) in [4.78, 5) is 27.7. The summed E-state index contributed by atoms with van der Waals surface area (Å²) in [5.74, 6) is 0.308. The molecule has 0 aliphatic heterocycles. The Labute approximate surface area is 180 Å². The van der Waals surface area contributed by atoms with Crippen molar-refractivity contribution in [3.8, 4) is 17.4 Å². The molecule has 0 saturated carbocycles. The topological polar surface area (TPSA) is 97.8 Å². The van der Waals surface area contributed by atoms with Crippen molar-refractivity contribution in [1.29, 1.82) is 0 Å². The minimum absolute atomic E-state index is 0.0379. The molecule has 1 heterocycles. The summed E-state index contributed by atoms with van der Waals surface area (Å²) in [5, 5.41) is 11.8. The van der Waals surface area contributed by atoms with E-state index in [1.54, 1.807) is 48.7 Å². The molecule has 1 aromatic heterocycles. The standard InChI is InChI=1S/C24H22N2O5/c1-2-3-14-30-18-9-11-19(12-10-18)31-23-13-8-17(16-25-23)15-22(27)26-21-7-5-4-6-20(21)24(28)29/h2-13,16H,14-15H2,1H3,(H,26,27)(H,28,29). The second-order valence-electron chi connectivity index (χ2n) is 6.53. The monoisotopic (exact) mass is 418 g/mol. The quantitative estimate of drug-likeness (QED) is 0.489. The molecule has 0 aliphatic rings. The van der Waals surface area contributed by atoms with Crippen molar-refractivity contribution in [2.75, 3.05) is 11.9 Å². The Morgan fingerprint density at radius 1 is 1.03 bits per heavy atom. The molecular formula is C24H22N2O5. The normalized spacial score (nSPS) is 10.6. The van der Waals surface area contributed by atoms with Crippen LogP contribution >= 0.6 is 0 Å². The summed E-state index contributed by atoms with van der Waals surface area (Å²) >= 11 is 0. The van der Waals surface area contributed by atoms with Gasteiger partial charge >= 0.3 is 5.97 Å². The molecule has 0 atom stereocenters. The zero-order chi connectivity index (χ0) is 22.1. The zero-order valence-electron chi connectivity index (χ0n) is 16.9. The number of aromatic carboxylic acids is 1. The van der Waals surface area contributed by atoms with E-state index in [9.17, 15) is 14.7 Å². The molecule has 0 saturated heterocycles. The highest BCUT2D eigenvalue weighted by Gasteiger charge is 2.12. The maximum atomic E-state index is 12.3. The van der Waals surface area contributed by atoms with Gasteiger partial charge in [0.25, 0.3) is 0 Å². The molecule has 3 rings (SSSR count). The number of benzene rings is 2. The molecule has 7 nitrogen and oxygen atoms in total. The highest BCUT2D eigenvalue weighted by Crippen LogP contribution is 2.23. The first-order valence-corrected chi connectivity index (χ1v) is 9.64. The molecule has 31 heavy (non-hydrogen) atoms. The molecule has 2 N–H and O–H groups in total. The molecule has 0 fully saturated rings. The average Bonchev–Trinajstić information content (AvgIpc) is 2.77. The predicted octanol–water partition coefficient (Wildman–Crippen LogP) is 4.71. The van der Waals surface area contributed by atoms with Crippen molar-refractivity contribution in [3.63, 3.8) is 0 Å². The smallest absolute Gasteiger partial charge is 0.337 e. The van der Waals surface area contributed by atoms with Crippen LogP contribution in [-0.4, -0.2) is 28.6 Å². The van der Waals surface area contributed by atoms with E-state index in [0.717, 1.165) is 5.75 Å². The number of hydrogen-bond acceptors (Lipinski definition) is 5. The summed E-state index contributed by atoms with van der Waals surface area (Å²) in [6.07, 6.45) is 5.44. The van der Waals surface area contributed by atoms with Crippen molar-refractivity contribution in [3.05, 3.63) is 90.1 Å². The molecule has 1 amide bonds. The van der Waals surface area contributed by atoms with E-state index in [4.69, 9.17) is 9.47 Å². The van der Waals surface area contributed by atoms with Crippen molar-refractivity contribution in [2.24, 2.45) is 0 Å². The maximum Gasteiger partial charge on any atom is 0.337 e. The lowest BCUT2D eigenvalue weighted by Crippen LogP contribution is -2.16. The van der Waals surface area contributed by atoms with E-state index in [1.807, 2.05) is 31.2 Å². The van der Waals surface area contributed by atoms with Gasteiger partial charge in [0.05, 0.1) is 17.7 Å². The Morgan fingerprint density at radius 3 is 2.45 bits per heavy atom. The largest absolute Gasteiger partial charge is 0.490 e. The SMILES string of the molecule is CC=CCOc1ccc(Oc2ccc(CC(=O)Nc3ccccc3C(=O)O)cn2)cc1. The number of anilines is 1. The van der Waals surface area contributed by atoms with Crippen LogP contribution in [0.3, 0.4) is 0 Å². The molecule has 0 aliphatic carbocycles. The highest BCUT2D eigenvalue weighted by atomic mass is 16.5. The van der Waals surface area contributed by atoms with Gasteiger partial charge in [-0.25, -0.2) is 9.78 Å². The van der Waals surface area contributed by atoms with E-state index in [2.05, 4.69) is 10.3 Å². The number of carbonyl (C=O) groups is 2. The van der Waals surface area contributed by atoms with Crippen molar-refractivity contribution < 1.29 is 24.2 Å². The molecule has 0 radical (unpaired) electrons. The molecule has 3 aromatic rings. The zero-order valence-corrected chi connectivity index (χ0v) is 16.9. The number of hydrogen-bond donors (Lipinski definition) is 2. The van der Waals surface area contributed by atoms with Gasteiger partial charge in [0, 0.05) is 12.3 Å². The van der Waals surface area contributed by atoms with Gasteiger partial charge in [-0.15, -0.1) is 0 Å². The third kappa shape index (κ3) is 6.43. The summed E-state index contributed by atoms with van der Waals surface area (Å²) in [6, 6.07) is 16.9. The lowest BCUT2D eigenvalue weighted by atomic mass is 10.1. The second kappa shape index (κ2) is 10.6. The van der Waals surface area contributed by atoms with Gasteiger partial charge in [-0.05, 0) is 48.9 Å². The number of carboxylic acids is 1. The second-order valence-corrected chi connectivity index (χ2v) is 6.53. The number of nitrogens with zero attached hydrogens (tertiary/aromatic N) is 1. The Hall–Kier alpha value is -4.13. The number of ether oxygens (including phenoxy) is 2. The van der Waals surface area contributed by atoms with Gasteiger partial charge in [-0.1, -0.05) is 30.4 Å². The summed E-state index contributed by atoms with van der Waals surface area (Å²) < 4.78 is 11.2. The number of pyridine rings is 1. The maximum absolute atomic E-state index is 12.3. The number of para-hydroxylation sites is 1. The summed E-state index contributed by atoms with van der Waals surface area (Å²) in [6.45, 7) is 2.44. The van der Waals surface area contributed by atoms with Gasteiger partial charge in [0.1, 0.15) is 18.1 Å². The highest BCUT2D eigenvalue weighted by molar-refractivity contribution is 6.00. The van der Waals surface area contributed by atoms with E-state index in [-0.39, 0.29) is 23.6 Å². The fraction of sp³-hybridized carbons (Fsp3) is 0.125. The van der Waals surface area contributed by atoms with Crippen LogP contribution in [0.25, 0.3) is 0 Å². The fourth-order valence-electron chi connectivity index (χ4n) is 2.70. The lowest BCUT2D eigenvalue weighted by Gasteiger charge is -2.09. The van der Waals surface area contributed by atoms with Crippen LogP contribution in [0.5, 0.6) is 17.4 Å². The van der Waals surface area contributed by atoms with E-state index in [0.29, 0.717) is 23.8 Å². The molecule has 2 aromatic carbocycles. The van der Waals surface area contributed by atoms with Gasteiger partial charge in [0.2, 0.25) is 11.8 Å². The third-order valence-corrected chi connectivity index (χ3v) is 4.22. The molecule has 7 heteroatoms. The fourth-order valence-corrected chi connectivity index (χ4v) is 2.70. The van der Waals surface area contributed by atoms with Crippen molar-refractivity contribution in [2.45, 2.75) is 13.3 Å². The van der Waals surface area contributed by atoms with Crippen LogP contribution in [-0.2, 0) is 11.2 Å². The molecule has 158 valence electrons. The first-order chi connectivity index (χ1) is 15.0. The van der Waals surface area contributed by atoms with Gasteiger partial charge in [-0.2, -0.15) is 0 Å². The van der Waals surface area contributed by atoms with Gasteiger partial charge < -0.3 is 19.9 Å². The van der Waals surface area contributed by atoms with Crippen molar-refractivity contribution >= 4 is 17.6 Å². The number of rotatable bonds is 9. The predicted molar refractivity (Wildman–Crippen MR) is 117 cm³/mol. The van der Waals surface area contributed by atoms with Crippen LogP contribution < -0.4 is 14.8 Å². The number of nitrogens with one attached hydrogen (secondary N) is 1. The number of carboxylic acid groups (broad SMARTS) is 1. The van der Waals surface area contributed by atoms with Crippen LogP contribution in [0, 0.1) is 0 Å². The van der Waals surface area contributed by atoms with E-state index >= 15 is 0 Å². The van der Waals surface area contributed by atoms with Crippen LogP contribution in [0.1, 0.15) is 22.8 Å². The Kier molecular flexibility index (Phi) is 7.37. The molecular weight excluding hydrogens is 396 g/mol. The van der Waals surface area contributed by atoms with Crippen molar-refractivity contribution in [1.82, 2.24) is 4.98 Å². The molecule has 0 unspecified atom stereocenters.